The van der Waals surface area contributed by atoms with Gasteiger partial charge in [0.1, 0.15) is 5.78 Å². The molecule has 0 spiro atoms. The van der Waals surface area contributed by atoms with Crippen molar-refractivity contribution < 1.29 is 9.53 Å². The highest BCUT2D eigenvalue weighted by molar-refractivity contribution is 5.82. The van der Waals surface area contributed by atoms with E-state index >= 15 is 0 Å². The van der Waals surface area contributed by atoms with Gasteiger partial charge in [0.05, 0.1) is 6.10 Å². The van der Waals surface area contributed by atoms with Crippen molar-refractivity contribution in [3.63, 3.8) is 0 Å². The maximum Gasteiger partial charge on any atom is 0.137 e. The fourth-order valence-electron chi connectivity index (χ4n) is 3.43. The zero-order chi connectivity index (χ0) is 12.6. The van der Waals surface area contributed by atoms with E-state index in [1.165, 1.54) is 11.1 Å². The number of carbonyl (C=O) groups is 1. The summed E-state index contributed by atoms with van der Waals surface area (Å²) in [6, 6.07) is 0. The third-order valence-corrected chi connectivity index (χ3v) is 4.47. The normalized spacial score (nSPS) is 33.8. The largest absolute Gasteiger partial charge is 0.374 e. The molecule has 0 N–H and O–H groups in total. The Hall–Kier alpha value is -0.630. The zero-order valence-corrected chi connectivity index (χ0v) is 11.5. The molecule has 2 aliphatic rings. The Kier molecular flexibility index (Phi) is 3.72. The lowest BCUT2D eigenvalue weighted by Gasteiger charge is -2.26. The summed E-state index contributed by atoms with van der Waals surface area (Å²) in [4.78, 5) is 11.7. The number of Topliss-reactive ketones (excluding diaryl/α,β-unsaturated/α-hetero) is 1. The van der Waals surface area contributed by atoms with E-state index in [0.29, 0.717) is 17.6 Å². The van der Waals surface area contributed by atoms with Gasteiger partial charge in [0.25, 0.3) is 0 Å². The summed E-state index contributed by atoms with van der Waals surface area (Å²) in [5, 5.41) is 0. The summed E-state index contributed by atoms with van der Waals surface area (Å²) in [6.45, 7) is 9.29. The number of hydrogen-bond donors (Lipinski definition) is 0. The van der Waals surface area contributed by atoms with Crippen molar-refractivity contribution in [2.24, 2.45) is 17.8 Å². The minimum atomic E-state index is 0.138. The molecule has 2 heteroatoms. The highest BCUT2D eigenvalue weighted by atomic mass is 16.5. The Morgan fingerprint density at radius 2 is 2.06 bits per heavy atom. The van der Waals surface area contributed by atoms with Gasteiger partial charge in [0.15, 0.2) is 0 Å². The van der Waals surface area contributed by atoms with Crippen LogP contribution < -0.4 is 0 Å². The van der Waals surface area contributed by atoms with Gasteiger partial charge in [0, 0.05) is 12.5 Å². The number of ether oxygens (including phenoxy) is 1. The predicted octanol–water partition coefficient (Wildman–Crippen LogP) is 3.36. The Bertz CT molecular complexity index is 341. The van der Waals surface area contributed by atoms with Crippen molar-refractivity contribution in [3.8, 4) is 0 Å². The number of rotatable bonds is 3. The molecule has 2 nitrogen and oxygen atoms in total. The summed E-state index contributed by atoms with van der Waals surface area (Å²) < 4.78 is 5.95. The molecule has 0 aromatic heterocycles. The Balaban J connectivity index is 2.25. The van der Waals surface area contributed by atoms with E-state index in [0.717, 1.165) is 25.9 Å². The Morgan fingerprint density at radius 1 is 1.35 bits per heavy atom. The van der Waals surface area contributed by atoms with E-state index in [4.69, 9.17) is 4.74 Å². The molecule has 0 aromatic rings. The van der Waals surface area contributed by atoms with Crippen molar-refractivity contribution in [2.45, 2.75) is 53.1 Å². The molecule has 1 heterocycles. The van der Waals surface area contributed by atoms with Crippen LogP contribution in [0.3, 0.4) is 0 Å². The van der Waals surface area contributed by atoms with E-state index in [-0.39, 0.29) is 12.0 Å². The first-order chi connectivity index (χ1) is 8.02. The molecule has 3 atom stereocenters. The zero-order valence-electron chi connectivity index (χ0n) is 11.5. The van der Waals surface area contributed by atoms with E-state index in [1.54, 1.807) is 6.92 Å². The summed E-state index contributed by atoms with van der Waals surface area (Å²) in [7, 11) is 0. The van der Waals surface area contributed by atoms with Gasteiger partial charge in [-0.05, 0) is 50.5 Å². The Labute approximate surface area is 104 Å². The average Bonchev–Trinajstić information content (AvgIpc) is 2.82. The monoisotopic (exact) mass is 236 g/mol. The molecule has 1 fully saturated rings. The lowest BCUT2D eigenvalue weighted by atomic mass is 9.81. The molecule has 2 rings (SSSR count). The van der Waals surface area contributed by atoms with Crippen molar-refractivity contribution in [3.05, 3.63) is 11.1 Å². The second-order valence-electron chi connectivity index (χ2n) is 5.93. The van der Waals surface area contributed by atoms with E-state index in [9.17, 15) is 4.79 Å². The third kappa shape index (κ3) is 2.33. The maximum atomic E-state index is 11.7. The van der Waals surface area contributed by atoms with Gasteiger partial charge in [-0.2, -0.15) is 0 Å². The summed E-state index contributed by atoms with van der Waals surface area (Å²) in [6.07, 6.45) is 3.43. The molecule has 0 radical (unpaired) electrons. The van der Waals surface area contributed by atoms with Crippen LogP contribution in [0.25, 0.3) is 0 Å². The van der Waals surface area contributed by atoms with Crippen LogP contribution in [0.1, 0.15) is 47.0 Å². The van der Waals surface area contributed by atoms with Gasteiger partial charge in [0.2, 0.25) is 0 Å². The van der Waals surface area contributed by atoms with Gasteiger partial charge in [-0.25, -0.2) is 0 Å². The molecule has 0 saturated carbocycles. The van der Waals surface area contributed by atoms with Crippen LogP contribution in [0.5, 0.6) is 0 Å². The van der Waals surface area contributed by atoms with Crippen LogP contribution in [0.2, 0.25) is 0 Å². The topological polar surface area (TPSA) is 26.3 Å². The summed E-state index contributed by atoms with van der Waals surface area (Å²) >= 11 is 0. The summed E-state index contributed by atoms with van der Waals surface area (Å²) in [5.74, 6) is 1.69. The van der Waals surface area contributed by atoms with Gasteiger partial charge in [-0.3, -0.25) is 4.79 Å². The first kappa shape index (κ1) is 12.8. The fourth-order valence-corrected chi connectivity index (χ4v) is 3.43. The standard InChI is InChI=1S/C15H24O2/c1-9(2)12-7-8-17-15(12)14-10(3)5-6-13(14)11(4)16/h9,12-13,15H,5-8H2,1-4H3/t12?,13-,15?/m0/s1. The first-order valence-corrected chi connectivity index (χ1v) is 6.84. The lowest BCUT2D eigenvalue weighted by molar-refractivity contribution is -0.120. The minimum absolute atomic E-state index is 0.138. The number of allylic oxidation sites excluding steroid dienone is 1. The van der Waals surface area contributed by atoms with Crippen LogP contribution in [0.15, 0.2) is 11.1 Å². The molecule has 0 aromatic carbocycles. The van der Waals surface area contributed by atoms with Crippen molar-refractivity contribution in [2.75, 3.05) is 6.61 Å². The van der Waals surface area contributed by atoms with Gasteiger partial charge >= 0.3 is 0 Å². The first-order valence-electron chi connectivity index (χ1n) is 6.84. The van der Waals surface area contributed by atoms with Crippen LogP contribution in [0, 0.1) is 17.8 Å². The number of carbonyl (C=O) groups excluding carboxylic acids is 1. The van der Waals surface area contributed by atoms with E-state index < -0.39 is 0 Å². The van der Waals surface area contributed by atoms with Gasteiger partial charge in [-0.15, -0.1) is 0 Å². The van der Waals surface area contributed by atoms with Crippen LogP contribution in [0.4, 0.5) is 0 Å². The molecule has 17 heavy (non-hydrogen) atoms. The van der Waals surface area contributed by atoms with E-state index in [2.05, 4.69) is 20.8 Å². The maximum absolute atomic E-state index is 11.7. The average molecular weight is 236 g/mol. The lowest BCUT2D eigenvalue weighted by Crippen LogP contribution is -2.28. The molecule has 1 aliphatic heterocycles. The molecule has 1 aliphatic carbocycles. The molecule has 96 valence electrons. The van der Waals surface area contributed by atoms with Crippen molar-refractivity contribution >= 4 is 5.78 Å². The van der Waals surface area contributed by atoms with Crippen molar-refractivity contribution in [1.82, 2.24) is 0 Å². The highest BCUT2D eigenvalue weighted by Crippen LogP contribution is 2.42. The van der Waals surface area contributed by atoms with Crippen LogP contribution in [-0.2, 0) is 9.53 Å². The highest BCUT2D eigenvalue weighted by Gasteiger charge is 2.40. The van der Waals surface area contributed by atoms with Crippen LogP contribution in [-0.4, -0.2) is 18.5 Å². The molecule has 1 saturated heterocycles. The quantitative estimate of drug-likeness (QED) is 0.702. The molecular weight excluding hydrogens is 212 g/mol. The fraction of sp³-hybridized carbons (Fsp3) is 0.800. The van der Waals surface area contributed by atoms with Gasteiger partial charge < -0.3 is 4.74 Å². The third-order valence-electron chi connectivity index (χ3n) is 4.47. The molecule has 0 bridgehead atoms. The minimum Gasteiger partial charge on any atom is -0.374 e. The molecule has 2 unspecified atom stereocenters. The smallest absolute Gasteiger partial charge is 0.137 e. The number of ketones is 1. The summed E-state index contributed by atoms with van der Waals surface area (Å²) in [5.41, 5.74) is 2.73. The predicted molar refractivity (Wildman–Crippen MR) is 68.8 cm³/mol. The van der Waals surface area contributed by atoms with Crippen molar-refractivity contribution in [1.29, 1.82) is 0 Å². The van der Waals surface area contributed by atoms with E-state index in [1.807, 2.05) is 0 Å². The second kappa shape index (κ2) is 4.93. The van der Waals surface area contributed by atoms with Crippen LogP contribution >= 0.6 is 0 Å². The Morgan fingerprint density at radius 3 is 2.65 bits per heavy atom. The number of hydrogen-bond acceptors (Lipinski definition) is 2. The molecule has 0 amide bonds. The SMILES string of the molecule is CC(=O)[C@@H]1CCC(C)=C1C1OCCC1C(C)C. The van der Waals surface area contributed by atoms with Gasteiger partial charge in [-0.1, -0.05) is 19.4 Å². The second-order valence-corrected chi connectivity index (χ2v) is 5.93. The molecular formula is C15H24O2.